The molecule has 7 atom stereocenters. The van der Waals surface area contributed by atoms with Crippen molar-refractivity contribution in [1.82, 2.24) is 25.4 Å². The van der Waals surface area contributed by atoms with Gasteiger partial charge in [0.25, 0.3) is 5.91 Å². The number of likely N-dealkylation sites (N-methyl/N-ethyl adjacent to an activating group) is 1. The lowest BCUT2D eigenvalue weighted by atomic mass is 9.92. The van der Waals surface area contributed by atoms with Crippen LogP contribution in [0, 0.1) is 17.8 Å². The molecule has 0 spiro atoms. The van der Waals surface area contributed by atoms with Crippen molar-refractivity contribution in [1.29, 1.82) is 0 Å². The normalized spacial score (nSPS) is 18.0. The summed E-state index contributed by atoms with van der Waals surface area (Å²) in [6.07, 6.45) is -2.09. The van der Waals surface area contributed by atoms with Gasteiger partial charge in [-0.2, -0.15) is 13.2 Å². The van der Waals surface area contributed by atoms with Gasteiger partial charge in [-0.25, -0.2) is 4.98 Å². The third-order valence-electron chi connectivity index (χ3n) is 10.8. The molecule has 3 N–H and O–H groups in total. The standard InChI is InChI=1S/C41H60F3N5O8S/c1-9-25(4)35(47-37(52)32-12-10-11-17-48(32)7)39(53)49(18-19-56-8)33(24(2)3)22-34(57-27(6)50)38-46-31(23-58-38)36(51)45-30(20-26(5)40(54)55)21-28-13-15-29(16-14-28)41(42,43)44/h13-16,23-26,30,32-35H,9-12,17-22H2,1-8H3,(H,45,51)(H,47,52)(H,54,55)/t25?,26-,30+,32?,33+,34+,35?/m0/s1. The molecule has 1 saturated heterocycles. The number of ether oxygens (including phenoxy) is 2. The predicted molar refractivity (Wildman–Crippen MR) is 213 cm³/mol. The average molecular weight is 840 g/mol. The molecule has 0 radical (unpaired) electrons. The number of alkyl halides is 3. The third-order valence-corrected chi connectivity index (χ3v) is 11.7. The molecule has 3 rings (SSSR count). The van der Waals surface area contributed by atoms with E-state index >= 15 is 0 Å². The van der Waals surface area contributed by atoms with Crippen molar-refractivity contribution in [2.24, 2.45) is 17.8 Å². The van der Waals surface area contributed by atoms with Gasteiger partial charge in [0.2, 0.25) is 11.8 Å². The number of esters is 1. The second-order valence-corrected chi connectivity index (χ2v) is 16.5. The van der Waals surface area contributed by atoms with Crippen molar-refractivity contribution >= 4 is 41.0 Å². The van der Waals surface area contributed by atoms with Gasteiger partial charge in [0.05, 0.1) is 24.1 Å². The fraction of sp³-hybridized carbons (Fsp3) is 0.659. The molecular weight excluding hydrogens is 780 g/mol. The van der Waals surface area contributed by atoms with Crippen LogP contribution in [0.25, 0.3) is 0 Å². The lowest BCUT2D eigenvalue weighted by Gasteiger charge is -2.40. The summed E-state index contributed by atoms with van der Waals surface area (Å²) in [6, 6.07) is 1.98. The molecular formula is C41H60F3N5O8S. The number of carbonyl (C=O) groups is 5. The van der Waals surface area contributed by atoms with Gasteiger partial charge in [0, 0.05) is 44.5 Å². The zero-order valence-electron chi connectivity index (χ0n) is 34.8. The number of aromatic nitrogens is 1. The molecule has 2 aromatic rings. The van der Waals surface area contributed by atoms with E-state index in [1.54, 1.807) is 4.90 Å². The Hall–Kier alpha value is -4.09. The number of hydrogen-bond acceptors (Lipinski definition) is 10. The maximum Gasteiger partial charge on any atom is 0.416 e. The number of methoxy groups -OCH3 is 1. The number of amides is 3. The Balaban J connectivity index is 1.90. The number of thiazole rings is 1. The van der Waals surface area contributed by atoms with E-state index in [4.69, 9.17) is 9.47 Å². The molecule has 2 heterocycles. The minimum atomic E-state index is -4.53. The van der Waals surface area contributed by atoms with Crippen LogP contribution in [0.3, 0.4) is 0 Å². The van der Waals surface area contributed by atoms with Gasteiger partial charge in [-0.3, -0.25) is 28.9 Å². The van der Waals surface area contributed by atoms with E-state index in [2.05, 4.69) is 15.6 Å². The molecule has 0 aliphatic carbocycles. The quantitative estimate of drug-likeness (QED) is 0.125. The van der Waals surface area contributed by atoms with Gasteiger partial charge in [-0.15, -0.1) is 11.3 Å². The first-order valence-electron chi connectivity index (χ1n) is 19.9. The second-order valence-electron chi connectivity index (χ2n) is 15.6. The van der Waals surface area contributed by atoms with Crippen LogP contribution in [-0.4, -0.2) is 108 Å². The highest BCUT2D eigenvalue weighted by Crippen LogP contribution is 2.32. The molecule has 3 unspecified atom stereocenters. The smallest absolute Gasteiger partial charge is 0.416 e. The maximum absolute atomic E-state index is 14.6. The minimum absolute atomic E-state index is 0.00791. The van der Waals surface area contributed by atoms with E-state index in [0.29, 0.717) is 18.4 Å². The van der Waals surface area contributed by atoms with E-state index in [0.717, 1.165) is 42.9 Å². The van der Waals surface area contributed by atoms with Gasteiger partial charge < -0.3 is 30.1 Å². The number of aliphatic carboxylic acids is 1. The fourth-order valence-corrected chi connectivity index (χ4v) is 8.00. The molecule has 324 valence electrons. The van der Waals surface area contributed by atoms with Crippen molar-refractivity contribution in [2.45, 2.75) is 123 Å². The molecule has 13 nitrogen and oxygen atoms in total. The molecule has 3 amide bonds. The van der Waals surface area contributed by atoms with Crippen LogP contribution < -0.4 is 10.6 Å². The first-order valence-corrected chi connectivity index (χ1v) is 20.8. The minimum Gasteiger partial charge on any atom is -0.481 e. The number of rotatable bonds is 21. The summed E-state index contributed by atoms with van der Waals surface area (Å²) in [4.78, 5) is 74.3. The number of carboxylic acids is 1. The summed E-state index contributed by atoms with van der Waals surface area (Å²) < 4.78 is 50.7. The Morgan fingerprint density at radius 1 is 1.05 bits per heavy atom. The highest BCUT2D eigenvalue weighted by Gasteiger charge is 2.39. The largest absolute Gasteiger partial charge is 0.481 e. The van der Waals surface area contributed by atoms with Crippen molar-refractivity contribution < 1.29 is 51.7 Å². The average Bonchev–Trinajstić information content (AvgIpc) is 3.66. The number of hydrogen-bond donors (Lipinski definition) is 3. The number of nitrogens with zero attached hydrogens (tertiary/aromatic N) is 3. The van der Waals surface area contributed by atoms with Crippen LogP contribution in [0.1, 0.15) is 113 Å². The molecule has 1 aliphatic rings. The molecule has 1 fully saturated rings. The lowest BCUT2D eigenvalue weighted by Crippen LogP contribution is -2.59. The monoisotopic (exact) mass is 839 g/mol. The van der Waals surface area contributed by atoms with E-state index in [-0.39, 0.29) is 72.8 Å². The summed E-state index contributed by atoms with van der Waals surface area (Å²) in [5.41, 5.74) is -0.393. The molecule has 0 saturated carbocycles. The number of halogens is 3. The topological polar surface area (TPSA) is 167 Å². The van der Waals surface area contributed by atoms with E-state index in [1.807, 2.05) is 39.6 Å². The maximum atomic E-state index is 14.6. The second kappa shape index (κ2) is 22.3. The zero-order chi connectivity index (χ0) is 43.3. The number of nitrogens with one attached hydrogen (secondary N) is 2. The number of likely N-dealkylation sites (tertiary alicyclic amines) is 1. The molecule has 1 aliphatic heterocycles. The van der Waals surface area contributed by atoms with E-state index < -0.39 is 59.7 Å². The van der Waals surface area contributed by atoms with E-state index in [1.165, 1.54) is 38.5 Å². The van der Waals surface area contributed by atoms with Gasteiger partial charge in [0.1, 0.15) is 16.7 Å². The van der Waals surface area contributed by atoms with Gasteiger partial charge in [-0.05, 0) is 68.8 Å². The van der Waals surface area contributed by atoms with Crippen molar-refractivity contribution in [3.63, 3.8) is 0 Å². The summed E-state index contributed by atoms with van der Waals surface area (Å²) in [5, 5.41) is 17.2. The van der Waals surface area contributed by atoms with Crippen molar-refractivity contribution in [3.05, 3.63) is 51.5 Å². The van der Waals surface area contributed by atoms with Gasteiger partial charge in [0.15, 0.2) is 6.10 Å². The Bertz CT molecular complexity index is 1670. The lowest BCUT2D eigenvalue weighted by molar-refractivity contribution is -0.150. The highest BCUT2D eigenvalue weighted by atomic mass is 32.1. The third kappa shape index (κ3) is 14.0. The summed E-state index contributed by atoms with van der Waals surface area (Å²) in [6.45, 7) is 11.7. The van der Waals surface area contributed by atoms with Gasteiger partial charge in [-0.1, -0.05) is 59.6 Å². The first-order chi connectivity index (χ1) is 27.3. The SMILES string of the molecule is CCC(C)C(NC(=O)C1CCCCN1C)C(=O)N(CCOC)[C@H](C[C@@H](OC(C)=O)c1nc(C(=O)N[C@@H](Cc2ccc(C(F)(F)F)cc2)C[C@H](C)C(=O)O)cs1)C(C)C. The van der Waals surface area contributed by atoms with Crippen molar-refractivity contribution in [2.75, 3.05) is 33.9 Å². The Morgan fingerprint density at radius 3 is 2.28 bits per heavy atom. The number of carbonyl (C=O) groups excluding carboxylic acids is 4. The summed E-state index contributed by atoms with van der Waals surface area (Å²) in [7, 11) is 3.44. The van der Waals surface area contributed by atoms with Crippen LogP contribution in [0.2, 0.25) is 0 Å². The first kappa shape index (κ1) is 48.3. The Morgan fingerprint density at radius 2 is 1.72 bits per heavy atom. The van der Waals surface area contributed by atoms with Crippen LogP contribution in [0.15, 0.2) is 29.6 Å². The molecule has 1 aromatic heterocycles. The number of carboxylic acid groups (broad SMARTS) is 1. The molecule has 1 aromatic carbocycles. The van der Waals surface area contributed by atoms with E-state index in [9.17, 15) is 42.3 Å². The predicted octanol–water partition coefficient (Wildman–Crippen LogP) is 6.12. The Kier molecular flexibility index (Phi) is 18.6. The number of piperidine rings is 1. The van der Waals surface area contributed by atoms with Crippen LogP contribution in [0.5, 0.6) is 0 Å². The van der Waals surface area contributed by atoms with Crippen molar-refractivity contribution in [3.8, 4) is 0 Å². The Labute approximate surface area is 343 Å². The molecule has 58 heavy (non-hydrogen) atoms. The van der Waals surface area contributed by atoms with Crippen LogP contribution >= 0.6 is 11.3 Å². The summed E-state index contributed by atoms with van der Waals surface area (Å²) >= 11 is 1.07. The fourth-order valence-electron chi connectivity index (χ4n) is 7.16. The summed E-state index contributed by atoms with van der Waals surface area (Å²) in [5.74, 6) is -4.07. The van der Waals surface area contributed by atoms with Gasteiger partial charge >= 0.3 is 18.1 Å². The zero-order valence-corrected chi connectivity index (χ0v) is 35.6. The number of benzene rings is 1. The van der Waals surface area contributed by atoms with Crippen LogP contribution in [-0.2, 0) is 41.2 Å². The van der Waals surface area contributed by atoms with Crippen LogP contribution in [0.4, 0.5) is 13.2 Å². The molecule has 17 heteroatoms. The highest BCUT2D eigenvalue weighted by molar-refractivity contribution is 7.09. The molecule has 0 bridgehead atoms.